The molecule has 0 saturated carbocycles. The van der Waals surface area contributed by atoms with E-state index < -0.39 is 6.10 Å². The van der Waals surface area contributed by atoms with Crippen LogP contribution in [0.1, 0.15) is 30.7 Å². The lowest BCUT2D eigenvalue weighted by Gasteiger charge is -2.10. The van der Waals surface area contributed by atoms with Gasteiger partial charge in [-0.1, -0.05) is 18.2 Å². The number of aromatic nitrogens is 1. The highest BCUT2D eigenvalue weighted by Crippen LogP contribution is 2.19. The normalized spacial score (nSPS) is 12.1. The number of pyridine rings is 1. The Labute approximate surface area is 113 Å². The van der Waals surface area contributed by atoms with Crippen LogP contribution in [0.2, 0.25) is 0 Å². The fourth-order valence-electron chi connectivity index (χ4n) is 1.98. The summed E-state index contributed by atoms with van der Waals surface area (Å²) in [5, 5.41) is 10.1. The summed E-state index contributed by atoms with van der Waals surface area (Å²) in [5.74, 6) is 0.882. The summed E-state index contributed by atoms with van der Waals surface area (Å²) < 4.78 is 5.46. The molecular weight excluding hydrogens is 238 g/mol. The van der Waals surface area contributed by atoms with Crippen molar-refractivity contribution in [1.82, 2.24) is 4.98 Å². The van der Waals surface area contributed by atoms with Crippen LogP contribution in [0.3, 0.4) is 0 Å². The van der Waals surface area contributed by atoms with Gasteiger partial charge in [0.25, 0.3) is 0 Å². The van der Waals surface area contributed by atoms with E-state index in [9.17, 15) is 5.11 Å². The summed E-state index contributed by atoms with van der Waals surface area (Å²) in [7, 11) is 0. The van der Waals surface area contributed by atoms with E-state index >= 15 is 0 Å². The van der Waals surface area contributed by atoms with Gasteiger partial charge in [0.15, 0.2) is 0 Å². The summed E-state index contributed by atoms with van der Waals surface area (Å²) in [6, 6.07) is 13.6. The zero-order valence-electron chi connectivity index (χ0n) is 11.1. The maximum absolute atomic E-state index is 10.1. The molecule has 1 aromatic carbocycles. The van der Waals surface area contributed by atoms with Crippen LogP contribution in [-0.2, 0) is 6.42 Å². The number of aliphatic hydroxyl groups excluding tert-OH is 1. The molecule has 0 amide bonds. The fourth-order valence-corrected chi connectivity index (χ4v) is 1.98. The largest absolute Gasteiger partial charge is 0.494 e. The van der Waals surface area contributed by atoms with Crippen molar-refractivity contribution in [2.75, 3.05) is 6.61 Å². The van der Waals surface area contributed by atoms with Gasteiger partial charge in [-0.2, -0.15) is 0 Å². The highest BCUT2D eigenvalue weighted by Gasteiger charge is 2.08. The minimum absolute atomic E-state index is 0.517. The van der Waals surface area contributed by atoms with E-state index in [2.05, 4.69) is 4.98 Å². The zero-order valence-corrected chi connectivity index (χ0v) is 11.1. The molecular formula is C16H19NO2. The number of benzene rings is 1. The molecule has 1 N–H and O–H groups in total. The lowest BCUT2D eigenvalue weighted by Crippen LogP contribution is -2.02. The first-order chi connectivity index (χ1) is 9.29. The van der Waals surface area contributed by atoms with Gasteiger partial charge in [-0.3, -0.25) is 4.98 Å². The highest BCUT2D eigenvalue weighted by atomic mass is 16.5. The first-order valence-corrected chi connectivity index (χ1v) is 6.60. The lowest BCUT2D eigenvalue weighted by atomic mass is 10.0. The Morgan fingerprint density at radius 2 is 2.11 bits per heavy atom. The Balaban J connectivity index is 1.93. The van der Waals surface area contributed by atoms with E-state index in [-0.39, 0.29) is 0 Å². The molecule has 2 aromatic rings. The molecule has 3 nitrogen and oxygen atoms in total. The van der Waals surface area contributed by atoms with Crippen molar-refractivity contribution in [2.24, 2.45) is 0 Å². The smallest absolute Gasteiger partial charge is 0.119 e. The maximum atomic E-state index is 10.1. The molecule has 0 bridgehead atoms. The average molecular weight is 257 g/mol. The average Bonchev–Trinajstić information content (AvgIpc) is 2.46. The van der Waals surface area contributed by atoms with Crippen molar-refractivity contribution in [3.63, 3.8) is 0 Å². The maximum Gasteiger partial charge on any atom is 0.119 e. The minimum Gasteiger partial charge on any atom is -0.494 e. The van der Waals surface area contributed by atoms with Gasteiger partial charge in [0, 0.05) is 6.20 Å². The molecule has 0 saturated heterocycles. The monoisotopic (exact) mass is 257 g/mol. The Kier molecular flexibility index (Phi) is 4.93. The van der Waals surface area contributed by atoms with E-state index in [1.165, 1.54) is 5.56 Å². The summed E-state index contributed by atoms with van der Waals surface area (Å²) in [6.45, 7) is 2.64. The Morgan fingerprint density at radius 3 is 2.84 bits per heavy atom. The second-order valence-electron chi connectivity index (χ2n) is 4.39. The second-order valence-corrected chi connectivity index (χ2v) is 4.39. The van der Waals surface area contributed by atoms with Gasteiger partial charge in [0.1, 0.15) is 5.75 Å². The van der Waals surface area contributed by atoms with Gasteiger partial charge < -0.3 is 9.84 Å². The predicted octanol–water partition coefficient (Wildman–Crippen LogP) is 3.15. The Morgan fingerprint density at radius 1 is 1.21 bits per heavy atom. The number of hydrogen-bond acceptors (Lipinski definition) is 3. The molecule has 0 spiro atoms. The van der Waals surface area contributed by atoms with Crippen molar-refractivity contribution in [3.05, 3.63) is 59.9 Å². The number of nitrogens with zero attached hydrogens (tertiary/aromatic N) is 1. The zero-order chi connectivity index (χ0) is 13.5. The van der Waals surface area contributed by atoms with Crippen molar-refractivity contribution in [2.45, 2.75) is 25.9 Å². The van der Waals surface area contributed by atoms with E-state index in [0.717, 1.165) is 17.9 Å². The Bertz CT molecular complexity index is 499. The van der Waals surface area contributed by atoms with E-state index in [4.69, 9.17) is 4.74 Å². The van der Waals surface area contributed by atoms with Crippen LogP contribution < -0.4 is 4.74 Å². The number of rotatable bonds is 6. The standard InChI is InChI=1S/C16H19NO2/c1-2-19-14-7-5-6-13(12-14)9-10-16(18)15-8-3-4-11-17-15/h3-8,11-12,16,18H,2,9-10H2,1H3. The number of ether oxygens (including phenoxy) is 1. The molecule has 0 aliphatic heterocycles. The van der Waals surface area contributed by atoms with Gasteiger partial charge in [-0.25, -0.2) is 0 Å². The van der Waals surface area contributed by atoms with E-state index in [1.807, 2.05) is 49.4 Å². The third-order valence-electron chi connectivity index (χ3n) is 2.95. The van der Waals surface area contributed by atoms with Gasteiger partial charge >= 0.3 is 0 Å². The van der Waals surface area contributed by atoms with Crippen LogP contribution in [0, 0.1) is 0 Å². The molecule has 100 valence electrons. The predicted molar refractivity (Wildman–Crippen MR) is 75.1 cm³/mol. The number of hydrogen-bond donors (Lipinski definition) is 1. The van der Waals surface area contributed by atoms with Gasteiger partial charge in [0.05, 0.1) is 18.4 Å². The number of aliphatic hydroxyl groups is 1. The van der Waals surface area contributed by atoms with Crippen LogP contribution in [0.5, 0.6) is 5.75 Å². The summed E-state index contributed by atoms with van der Waals surface area (Å²) in [5.41, 5.74) is 1.89. The molecule has 1 unspecified atom stereocenters. The summed E-state index contributed by atoms with van der Waals surface area (Å²) in [6.07, 6.45) is 2.65. The molecule has 19 heavy (non-hydrogen) atoms. The lowest BCUT2D eigenvalue weighted by molar-refractivity contribution is 0.163. The van der Waals surface area contributed by atoms with Crippen LogP contribution in [0.4, 0.5) is 0 Å². The highest BCUT2D eigenvalue weighted by molar-refractivity contribution is 5.28. The number of aryl methyl sites for hydroxylation is 1. The van der Waals surface area contributed by atoms with Crippen molar-refractivity contribution in [3.8, 4) is 5.75 Å². The third kappa shape index (κ3) is 4.07. The van der Waals surface area contributed by atoms with E-state index in [1.54, 1.807) is 6.20 Å². The molecule has 2 rings (SSSR count). The fraction of sp³-hybridized carbons (Fsp3) is 0.312. The topological polar surface area (TPSA) is 42.4 Å². The van der Waals surface area contributed by atoms with Crippen LogP contribution >= 0.6 is 0 Å². The van der Waals surface area contributed by atoms with Crippen LogP contribution in [-0.4, -0.2) is 16.7 Å². The third-order valence-corrected chi connectivity index (χ3v) is 2.95. The Hall–Kier alpha value is -1.87. The summed E-state index contributed by atoms with van der Waals surface area (Å²) in [4.78, 5) is 4.16. The van der Waals surface area contributed by atoms with Gasteiger partial charge in [0.2, 0.25) is 0 Å². The molecule has 1 heterocycles. The molecule has 1 atom stereocenters. The molecule has 0 fully saturated rings. The minimum atomic E-state index is -0.517. The quantitative estimate of drug-likeness (QED) is 0.864. The molecule has 0 aliphatic carbocycles. The molecule has 0 aliphatic rings. The second kappa shape index (κ2) is 6.90. The summed E-state index contributed by atoms with van der Waals surface area (Å²) >= 11 is 0. The van der Waals surface area contributed by atoms with Crippen molar-refractivity contribution >= 4 is 0 Å². The van der Waals surface area contributed by atoms with Crippen LogP contribution in [0.15, 0.2) is 48.7 Å². The SMILES string of the molecule is CCOc1cccc(CCC(O)c2ccccn2)c1. The van der Waals surface area contributed by atoms with E-state index in [0.29, 0.717) is 13.0 Å². The first-order valence-electron chi connectivity index (χ1n) is 6.60. The van der Waals surface area contributed by atoms with Crippen molar-refractivity contribution in [1.29, 1.82) is 0 Å². The molecule has 0 radical (unpaired) electrons. The first kappa shape index (κ1) is 13.6. The molecule has 1 aromatic heterocycles. The van der Waals surface area contributed by atoms with Gasteiger partial charge in [-0.05, 0) is 49.6 Å². The molecule has 3 heteroatoms. The van der Waals surface area contributed by atoms with Crippen molar-refractivity contribution < 1.29 is 9.84 Å². The van der Waals surface area contributed by atoms with Gasteiger partial charge in [-0.15, -0.1) is 0 Å². The van der Waals surface area contributed by atoms with Crippen LogP contribution in [0.25, 0.3) is 0 Å².